The zero-order valence-electron chi connectivity index (χ0n) is 15.6. The predicted octanol–water partition coefficient (Wildman–Crippen LogP) is 4.10. The number of hydrogen-bond acceptors (Lipinski definition) is 6. The van der Waals surface area contributed by atoms with E-state index in [1.165, 1.54) is 56.7 Å². The number of alkyl halides is 2. The van der Waals surface area contributed by atoms with Crippen molar-refractivity contribution in [3.8, 4) is 17.2 Å². The number of carbonyl (C=O) groups is 2. The second kappa shape index (κ2) is 10.6. The number of hydrogen-bond donors (Lipinski definition) is 0. The lowest BCUT2D eigenvalue weighted by molar-refractivity contribution is -0.134. The zero-order valence-corrected chi connectivity index (χ0v) is 15.6. The fourth-order valence-corrected chi connectivity index (χ4v) is 2.23. The molecule has 6 nitrogen and oxygen atoms in total. The summed E-state index contributed by atoms with van der Waals surface area (Å²) < 4.78 is 44.2. The Morgan fingerprint density at radius 3 is 2.31 bits per heavy atom. The van der Waals surface area contributed by atoms with E-state index in [9.17, 15) is 18.4 Å². The van der Waals surface area contributed by atoms with Gasteiger partial charge in [-0.3, -0.25) is 0 Å². The maximum absolute atomic E-state index is 12.4. The number of esters is 2. The minimum Gasteiger partial charge on any atom is -0.493 e. The van der Waals surface area contributed by atoms with Gasteiger partial charge in [-0.2, -0.15) is 8.78 Å². The molecule has 29 heavy (non-hydrogen) atoms. The van der Waals surface area contributed by atoms with Gasteiger partial charge in [0.2, 0.25) is 0 Å². The monoisotopic (exact) mass is 404 g/mol. The van der Waals surface area contributed by atoms with Crippen molar-refractivity contribution in [3.05, 3.63) is 65.7 Å². The molecule has 0 heterocycles. The molecule has 8 heteroatoms. The molecule has 0 unspecified atom stereocenters. The van der Waals surface area contributed by atoms with Crippen LogP contribution in [-0.2, 0) is 14.3 Å². The topological polar surface area (TPSA) is 71.1 Å². The van der Waals surface area contributed by atoms with E-state index >= 15 is 0 Å². The number of halogens is 2. The highest BCUT2D eigenvalue weighted by atomic mass is 19.3. The molecule has 0 bridgehead atoms. The molecule has 0 amide bonds. The maximum atomic E-state index is 12.4. The normalized spacial score (nSPS) is 11.1. The second-order valence-electron chi connectivity index (χ2n) is 5.44. The molecule has 2 rings (SSSR count). The SMILES string of the molecule is COC(=O)/C=C/c1ccc(OC(=O)/C=C/c2ccccc2OC(F)F)c(OC)c1. The van der Waals surface area contributed by atoms with E-state index in [0.29, 0.717) is 11.1 Å². The molecular weight excluding hydrogens is 386 g/mol. The van der Waals surface area contributed by atoms with Gasteiger partial charge in [-0.25, -0.2) is 9.59 Å². The molecular formula is C21H18F2O6. The molecule has 0 aliphatic rings. The summed E-state index contributed by atoms with van der Waals surface area (Å²) in [5, 5.41) is 0. The quantitative estimate of drug-likeness (QED) is 0.375. The van der Waals surface area contributed by atoms with Crippen molar-refractivity contribution < 1.29 is 37.3 Å². The fourth-order valence-electron chi connectivity index (χ4n) is 2.23. The van der Waals surface area contributed by atoms with E-state index in [0.717, 1.165) is 6.08 Å². The highest BCUT2D eigenvalue weighted by Gasteiger charge is 2.10. The van der Waals surface area contributed by atoms with E-state index in [-0.39, 0.29) is 17.2 Å². The Labute approximate surface area is 166 Å². The number of benzene rings is 2. The molecule has 0 radical (unpaired) electrons. The summed E-state index contributed by atoms with van der Waals surface area (Å²) in [5.74, 6) is -0.908. The van der Waals surface area contributed by atoms with Gasteiger partial charge in [0, 0.05) is 17.7 Å². The first kappa shape index (κ1) is 21.6. The molecule has 0 spiro atoms. The fraction of sp³-hybridized carbons (Fsp3) is 0.143. The highest BCUT2D eigenvalue weighted by molar-refractivity contribution is 5.90. The third kappa shape index (κ3) is 6.76. The minimum atomic E-state index is -2.98. The summed E-state index contributed by atoms with van der Waals surface area (Å²) in [7, 11) is 2.66. The molecule has 0 saturated carbocycles. The van der Waals surface area contributed by atoms with Crippen LogP contribution in [0.25, 0.3) is 12.2 Å². The Bertz CT molecular complexity index is 921. The average Bonchev–Trinajstić information content (AvgIpc) is 2.71. The van der Waals surface area contributed by atoms with Crippen molar-refractivity contribution >= 4 is 24.1 Å². The van der Waals surface area contributed by atoms with Crippen LogP contribution in [0.3, 0.4) is 0 Å². The van der Waals surface area contributed by atoms with Crippen molar-refractivity contribution in [2.45, 2.75) is 6.61 Å². The molecule has 0 aliphatic heterocycles. The first-order valence-corrected chi connectivity index (χ1v) is 8.30. The van der Waals surface area contributed by atoms with Crippen LogP contribution < -0.4 is 14.2 Å². The van der Waals surface area contributed by atoms with Crippen LogP contribution in [0.15, 0.2) is 54.6 Å². The average molecular weight is 404 g/mol. The number of methoxy groups -OCH3 is 2. The smallest absolute Gasteiger partial charge is 0.387 e. The number of carbonyl (C=O) groups excluding carboxylic acids is 2. The van der Waals surface area contributed by atoms with Gasteiger partial charge in [0.1, 0.15) is 5.75 Å². The zero-order chi connectivity index (χ0) is 21.2. The van der Waals surface area contributed by atoms with E-state index < -0.39 is 18.6 Å². The van der Waals surface area contributed by atoms with Crippen molar-refractivity contribution in [3.63, 3.8) is 0 Å². The molecule has 2 aromatic carbocycles. The van der Waals surface area contributed by atoms with Crippen molar-refractivity contribution in [1.82, 2.24) is 0 Å². The van der Waals surface area contributed by atoms with Crippen molar-refractivity contribution in [1.29, 1.82) is 0 Å². The highest BCUT2D eigenvalue weighted by Crippen LogP contribution is 2.29. The molecule has 2 aromatic rings. The van der Waals surface area contributed by atoms with Crippen LogP contribution in [-0.4, -0.2) is 32.8 Å². The van der Waals surface area contributed by atoms with E-state index in [2.05, 4.69) is 9.47 Å². The Morgan fingerprint density at radius 1 is 0.897 bits per heavy atom. The first-order valence-electron chi connectivity index (χ1n) is 8.30. The summed E-state index contributed by atoms with van der Waals surface area (Å²) in [6, 6.07) is 10.7. The molecule has 0 atom stereocenters. The Hall–Kier alpha value is -3.68. The van der Waals surface area contributed by atoms with Crippen LogP contribution in [0.4, 0.5) is 8.78 Å². The van der Waals surface area contributed by atoms with Gasteiger partial charge in [-0.1, -0.05) is 24.3 Å². The third-order valence-corrected chi connectivity index (χ3v) is 3.55. The van der Waals surface area contributed by atoms with E-state index in [4.69, 9.17) is 9.47 Å². The lowest BCUT2D eigenvalue weighted by Crippen LogP contribution is -2.06. The van der Waals surface area contributed by atoms with Crippen molar-refractivity contribution in [2.24, 2.45) is 0 Å². The van der Waals surface area contributed by atoms with Gasteiger partial charge in [-0.05, 0) is 35.9 Å². The van der Waals surface area contributed by atoms with Gasteiger partial charge in [0.25, 0.3) is 0 Å². The van der Waals surface area contributed by atoms with Gasteiger partial charge in [-0.15, -0.1) is 0 Å². The summed E-state index contributed by atoms with van der Waals surface area (Å²) in [4.78, 5) is 23.3. The van der Waals surface area contributed by atoms with Crippen LogP contribution >= 0.6 is 0 Å². The third-order valence-electron chi connectivity index (χ3n) is 3.55. The van der Waals surface area contributed by atoms with Gasteiger partial charge in [0.15, 0.2) is 11.5 Å². The Balaban J connectivity index is 2.12. The summed E-state index contributed by atoms with van der Waals surface area (Å²) >= 11 is 0. The van der Waals surface area contributed by atoms with Gasteiger partial charge in [0.05, 0.1) is 14.2 Å². The molecule has 0 saturated heterocycles. The Kier molecular flexibility index (Phi) is 7.90. The van der Waals surface area contributed by atoms with Gasteiger partial charge < -0.3 is 18.9 Å². The summed E-state index contributed by atoms with van der Waals surface area (Å²) in [6.07, 6.45) is 5.14. The molecule has 0 aliphatic carbocycles. The summed E-state index contributed by atoms with van der Waals surface area (Å²) in [6.45, 7) is -2.98. The van der Waals surface area contributed by atoms with Crippen LogP contribution in [0, 0.1) is 0 Å². The van der Waals surface area contributed by atoms with Gasteiger partial charge >= 0.3 is 18.6 Å². The van der Waals surface area contributed by atoms with E-state index in [1.54, 1.807) is 18.2 Å². The van der Waals surface area contributed by atoms with Crippen LogP contribution in [0.1, 0.15) is 11.1 Å². The lowest BCUT2D eigenvalue weighted by Gasteiger charge is -2.09. The number of rotatable bonds is 8. The molecule has 0 fully saturated rings. The minimum absolute atomic E-state index is 0.0640. The first-order chi connectivity index (χ1) is 13.9. The number of ether oxygens (including phenoxy) is 4. The lowest BCUT2D eigenvalue weighted by atomic mass is 10.2. The second-order valence-corrected chi connectivity index (χ2v) is 5.44. The summed E-state index contributed by atoms with van der Waals surface area (Å²) in [5.41, 5.74) is 0.917. The standard InChI is InChI=1S/C21H18F2O6/c1-26-18-13-14(8-11-19(24)27-2)7-10-17(18)28-20(25)12-9-15-5-3-4-6-16(15)29-21(22)23/h3-13,21H,1-2H3/b11-8+,12-9+. The molecule has 152 valence electrons. The Morgan fingerprint density at radius 2 is 1.62 bits per heavy atom. The predicted molar refractivity (Wildman–Crippen MR) is 102 cm³/mol. The van der Waals surface area contributed by atoms with Crippen LogP contribution in [0.2, 0.25) is 0 Å². The molecule has 0 N–H and O–H groups in total. The largest absolute Gasteiger partial charge is 0.493 e. The maximum Gasteiger partial charge on any atom is 0.387 e. The van der Waals surface area contributed by atoms with Crippen LogP contribution in [0.5, 0.6) is 17.2 Å². The molecule has 0 aromatic heterocycles. The van der Waals surface area contributed by atoms with Crippen molar-refractivity contribution in [2.75, 3.05) is 14.2 Å². The number of para-hydroxylation sites is 1. The van der Waals surface area contributed by atoms with E-state index in [1.807, 2.05) is 0 Å².